The number of carbonyl (C=O) groups is 1. The van der Waals surface area contributed by atoms with E-state index in [0.717, 1.165) is 3.57 Å². The molecule has 0 bridgehead atoms. The fourth-order valence-electron chi connectivity index (χ4n) is 0.631. The van der Waals surface area contributed by atoms with Crippen LogP contribution in [0.1, 0.15) is 10.5 Å². The van der Waals surface area contributed by atoms with Gasteiger partial charge in [-0.1, -0.05) is 0 Å². The maximum Gasteiger partial charge on any atom is 0.355 e. The summed E-state index contributed by atoms with van der Waals surface area (Å²) in [6.07, 6.45) is 0. The third-order valence-electron chi connectivity index (χ3n) is 1.16. The average Bonchev–Trinajstić information content (AvgIpc) is 1.96. The molecule has 0 aromatic carbocycles. The molecule has 6 heteroatoms. The lowest BCUT2D eigenvalue weighted by Crippen LogP contribution is -2.05. The summed E-state index contributed by atoms with van der Waals surface area (Å²) in [4.78, 5) is 14.2. The lowest BCUT2D eigenvalue weighted by molar-refractivity contribution is 0.0689. The van der Waals surface area contributed by atoms with Crippen LogP contribution in [0.15, 0.2) is 10.5 Å². The second-order valence-corrected chi connectivity index (χ2v) is 4.01. The Labute approximate surface area is 90.4 Å². The van der Waals surface area contributed by atoms with Crippen molar-refractivity contribution >= 4 is 50.3 Å². The first-order valence-electron chi connectivity index (χ1n) is 2.87. The fourth-order valence-corrected chi connectivity index (χ4v) is 1.98. The molecule has 0 aliphatic heterocycles. The van der Waals surface area contributed by atoms with Gasteiger partial charge in [-0.15, -0.1) is 0 Å². The van der Waals surface area contributed by atoms with E-state index < -0.39 is 5.97 Å². The largest absolute Gasteiger partial charge is 0.476 e. The summed E-state index contributed by atoms with van der Waals surface area (Å²) in [7, 11) is 0. The SMILES string of the molecule is Nc1nc(C(=O)O)c(Br)cc1I. The van der Waals surface area contributed by atoms with Crippen LogP contribution in [-0.4, -0.2) is 16.1 Å². The summed E-state index contributed by atoms with van der Waals surface area (Å²) in [5.41, 5.74) is 5.36. The minimum atomic E-state index is -1.09. The smallest absolute Gasteiger partial charge is 0.355 e. The fraction of sp³-hybridized carbons (Fsp3) is 0. The van der Waals surface area contributed by atoms with Crippen molar-refractivity contribution < 1.29 is 9.90 Å². The van der Waals surface area contributed by atoms with Gasteiger partial charge >= 0.3 is 5.97 Å². The van der Waals surface area contributed by atoms with Crippen LogP contribution < -0.4 is 5.73 Å². The number of hydrogen-bond acceptors (Lipinski definition) is 3. The third kappa shape index (κ3) is 1.86. The monoisotopic (exact) mass is 342 g/mol. The molecule has 1 aromatic rings. The average molecular weight is 343 g/mol. The molecule has 64 valence electrons. The highest BCUT2D eigenvalue weighted by atomic mass is 127. The Hall–Kier alpha value is -0.370. The van der Waals surface area contributed by atoms with Crippen molar-refractivity contribution in [2.24, 2.45) is 0 Å². The standard InChI is InChI=1S/C6H4BrIN2O2/c7-2-1-3(8)5(9)10-4(2)6(11)12/h1H,(H2,9,10)(H,11,12). The van der Waals surface area contributed by atoms with Gasteiger partial charge in [-0.2, -0.15) is 0 Å². The van der Waals surface area contributed by atoms with Crippen molar-refractivity contribution in [1.29, 1.82) is 0 Å². The van der Waals surface area contributed by atoms with Crippen LogP contribution in [0.5, 0.6) is 0 Å². The number of nitrogens with two attached hydrogens (primary N) is 1. The lowest BCUT2D eigenvalue weighted by atomic mass is 10.3. The van der Waals surface area contributed by atoms with Gasteiger partial charge in [0.1, 0.15) is 5.82 Å². The Balaban J connectivity index is 3.33. The first-order chi connectivity index (χ1) is 5.52. The number of anilines is 1. The van der Waals surface area contributed by atoms with Crippen LogP contribution in [0.3, 0.4) is 0 Å². The van der Waals surface area contributed by atoms with Gasteiger partial charge in [0.15, 0.2) is 5.69 Å². The summed E-state index contributed by atoms with van der Waals surface area (Å²) in [6, 6.07) is 1.62. The minimum absolute atomic E-state index is 0.0621. The Bertz CT molecular complexity index is 343. The van der Waals surface area contributed by atoms with E-state index in [0.29, 0.717) is 4.47 Å². The van der Waals surface area contributed by atoms with Gasteiger partial charge in [0.25, 0.3) is 0 Å². The number of carboxylic acid groups (broad SMARTS) is 1. The van der Waals surface area contributed by atoms with Gasteiger partial charge < -0.3 is 10.8 Å². The topological polar surface area (TPSA) is 76.2 Å². The number of nitrogens with zero attached hydrogens (tertiary/aromatic N) is 1. The molecule has 1 heterocycles. The molecular weight excluding hydrogens is 339 g/mol. The molecule has 0 spiro atoms. The maximum absolute atomic E-state index is 10.5. The number of pyridine rings is 1. The van der Waals surface area contributed by atoms with Crippen molar-refractivity contribution in [2.75, 3.05) is 5.73 Å². The van der Waals surface area contributed by atoms with Crippen LogP contribution >= 0.6 is 38.5 Å². The summed E-state index contributed by atoms with van der Waals surface area (Å²) in [6.45, 7) is 0. The first kappa shape index (κ1) is 9.72. The van der Waals surface area contributed by atoms with Crippen LogP contribution in [0.25, 0.3) is 0 Å². The van der Waals surface area contributed by atoms with Gasteiger partial charge in [-0.25, -0.2) is 9.78 Å². The van der Waals surface area contributed by atoms with Gasteiger partial charge in [-0.3, -0.25) is 0 Å². The Kier molecular flexibility index (Phi) is 2.89. The Morgan fingerprint density at radius 1 is 1.75 bits per heavy atom. The van der Waals surface area contributed by atoms with Crippen molar-refractivity contribution in [3.05, 3.63) is 19.8 Å². The lowest BCUT2D eigenvalue weighted by Gasteiger charge is -2.01. The van der Waals surface area contributed by atoms with Crippen LogP contribution in [0.4, 0.5) is 5.82 Å². The third-order valence-corrected chi connectivity index (χ3v) is 2.63. The van der Waals surface area contributed by atoms with Crippen LogP contribution in [0.2, 0.25) is 0 Å². The molecule has 0 fully saturated rings. The van der Waals surface area contributed by atoms with E-state index in [1.54, 1.807) is 6.07 Å². The number of carboxylic acids is 1. The van der Waals surface area contributed by atoms with E-state index in [9.17, 15) is 4.79 Å². The highest BCUT2D eigenvalue weighted by Crippen LogP contribution is 2.21. The summed E-state index contributed by atoms with van der Waals surface area (Å²) in [5.74, 6) is -0.860. The summed E-state index contributed by atoms with van der Waals surface area (Å²) < 4.78 is 1.16. The molecule has 0 unspecified atom stereocenters. The molecule has 12 heavy (non-hydrogen) atoms. The van der Waals surface area contributed by atoms with Crippen molar-refractivity contribution in [3.63, 3.8) is 0 Å². The van der Waals surface area contributed by atoms with E-state index >= 15 is 0 Å². The molecule has 0 aliphatic rings. The van der Waals surface area contributed by atoms with E-state index in [1.807, 2.05) is 22.6 Å². The normalized spacial score (nSPS) is 9.83. The molecule has 1 rings (SSSR count). The number of aromatic nitrogens is 1. The van der Waals surface area contributed by atoms with Gasteiger partial charge in [-0.05, 0) is 44.6 Å². The molecule has 4 nitrogen and oxygen atoms in total. The zero-order valence-corrected chi connectivity index (χ0v) is 9.46. The van der Waals surface area contributed by atoms with Crippen LogP contribution in [0, 0.1) is 3.57 Å². The quantitative estimate of drug-likeness (QED) is 0.762. The van der Waals surface area contributed by atoms with Crippen molar-refractivity contribution in [1.82, 2.24) is 4.98 Å². The van der Waals surface area contributed by atoms with Crippen LogP contribution in [-0.2, 0) is 0 Å². The molecule has 0 radical (unpaired) electrons. The van der Waals surface area contributed by atoms with E-state index in [4.69, 9.17) is 10.8 Å². The van der Waals surface area contributed by atoms with Gasteiger partial charge in [0.05, 0.1) is 8.04 Å². The van der Waals surface area contributed by atoms with Crippen molar-refractivity contribution in [2.45, 2.75) is 0 Å². The predicted octanol–water partition coefficient (Wildman–Crippen LogP) is 1.73. The van der Waals surface area contributed by atoms with Gasteiger partial charge in [0.2, 0.25) is 0 Å². The zero-order chi connectivity index (χ0) is 9.30. The zero-order valence-electron chi connectivity index (χ0n) is 5.71. The highest BCUT2D eigenvalue weighted by molar-refractivity contribution is 14.1. The summed E-state index contributed by atoms with van der Waals surface area (Å²) in [5, 5.41) is 8.63. The highest BCUT2D eigenvalue weighted by Gasteiger charge is 2.12. The summed E-state index contributed by atoms with van der Waals surface area (Å²) >= 11 is 5.06. The Morgan fingerprint density at radius 2 is 2.33 bits per heavy atom. The molecule has 0 saturated carbocycles. The predicted molar refractivity (Wildman–Crippen MR) is 56.0 cm³/mol. The number of hydrogen-bond donors (Lipinski definition) is 2. The molecule has 0 amide bonds. The number of nitrogen functional groups attached to an aromatic ring is 1. The maximum atomic E-state index is 10.5. The molecule has 1 aromatic heterocycles. The molecular formula is C6H4BrIN2O2. The van der Waals surface area contributed by atoms with Crippen molar-refractivity contribution in [3.8, 4) is 0 Å². The van der Waals surface area contributed by atoms with E-state index in [-0.39, 0.29) is 11.5 Å². The second-order valence-electron chi connectivity index (χ2n) is 1.99. The molecule has 0 saturated heterocycles. The van der Waals surface area contributed by atoms with E-state index in [1.165, 1.54) is 0 Å². The van der Waals surface area contributed by atoms with Gasteiger partial charge in [0, 0.05) is 0 Å². The molecule has 3 N–H and O–H groups in total. The molecule has 0 atom stereocenters. The Morgan fingerprint density at radius 3 is 2.83 bits per heavy atom. The second kappa shape index (κ2) is 3.56. The number of aromatic carboxylic acids is 1. The number of halogens is 2. The molecule has 0 aliphatic carbocycles. The minimum Gasteiger partial charge on any atom is -0.476 e. The number of rotatable bonds is 1. The van der Waals surface area contributed by atoms with E-state index in [2.05, 4.69) is 20.9 Å². The first-order valence-corrected chi connectivity index (χ1v) is 4.74.